The van der Waals surface area contributed by atoms with Crippen LogP contribution in [0.2, 0.25) is 0 Å². The second kappa shape index (κ2) is 8.69. The van der Waals surface area contributed by atoms with Gasteiger partial charge in [-0.25, -0.2) is 5.10 Å². The molecular formula is C23H25N3O4. The first kappa shape index (κ1) is 20.1. The van der Waals surface area contributed by atoms with Crippen molar-refractivity contribution in [3.8, 4) is 22.8 Å². The van der Waals surface area contributed by atoms with Crippen LogP contribution in [0.4, 0.5) is 0 Å². The lowest BCUT2D eigenvalue weighted by Gasteiger charge is -2.26. The topological polar surface area (TPSA) is 87.7 Å². The average molecular weight is 407 g/mol. The van der Waals surface area contributed by atoms with Gasteiger partial charge in [-0.3, -0.25) is 9.69 Å². The Morgan fingerprint density at radius 2 is 1.97 bits per heavy atom. The number of aromatic hydroxyl groups is 1. The molecule has 2 heterocycles. The summed E-state index contributed by atoms with van der Waals surface area (Å²) in [5.74, 6) is 0.332. The zero-order valence-corrected chi connectivity index (χ0v) is 17.0. The van der Waals surface area contributed by atoms with Crippen molar-refractivity contribution in [3.63, 3.8) is 0 Å². The lowest BCUT2D eigenvalue weighted by molar-refractivity contribution is -0.0236. The Morgan fingerprint density at radius 3 is 2.67 bits per heavy atom. The smallest absolute Gasteiger partial charge is 0.264 e. The monoisotopic (exact) mass is 407 g/mol. The van der Waals surface area contributed by atoms with Crippen LogP contribution in [-0.4, -0.2) is 45.5 Å². The van der Waals surface area contributed by atoms with E-state index in [1.807, 2.05) is 18.2 Å². The van der Waals surface area contributed by atoms with Crippen LogP contribution in [0.25, 0.3) is 11.3 Å². The minimum atomic E-state index is -0.299. The molecule has 0 spiro atoms. The molecule has 156 valence electrons. The van der Waals surface area contributed by atoms with E-state index in [1.54, 1.807) is 24.3 Å². The summed E-state index contributed by atoms with van der Waals surface area (Å²) in [4.78, 5) is 13.5. The molecule has 0 radical (unpaired) electrons. The van der Waals surface area contributed by atoms with Crippen molar-refractivity contribution in [2.75, 3.05) is 13.2 Å². The number of rotatable bonds is 6. The molecule has 4 rings (SSSR count). The number of aromatic amines is 1. The van der Waals surface area contributed by atoms with Crippen molar-refractivity contribution in [1.82, 2.24) is 15.1 Å². The first-order valence-electron chi connectivity index (χ1n) is 10.00. The Hall–Kier alpha value is -3.16. The van der Waals surface area contributed by atoms with Crippen molar-refractivity contribution >= 4 is 0 Å². The molecule has 7 nitrogen and oxygen atoms in total. The summed E-state index contributed by atoms with van der Waals surface area (Å²) >= 11 is 0. The van der Waals surface area contributed by atoms with E-state index in [1.165, 1.54) is 6.07 Å². The number of hydrogen-bond donors (Lipinski definition) is 2. The third kappa shape index (κ3) is 4.22. The Morgan fingerprint density at radius 1 is 1.17 bits per heavy atom. The first-order valence-corrected chi connectivity index (χ1v) is 10.00. The number of para-hydroxylation sites is 1. The lowest BCUT2D eigenvalue weighted by Crippen LogP contribution is -2.32. The van der Waals surface area contributed by atoms with Gasteiger partial charge in [0.1, 0.15) is 18.9 Å². The molecule has 0 amide bonds. The fourth-order valence-corrected chi connectivity index (χ4v) is 3.62. The number of nitrogens with one attached hydrogen (secondary N) is 1. The summed E-state index contributed by atoms with van der Waals surface area (Å²) in [7, 11) is 0. The Labute approximate surface area is 174 Å². The average Bonchev–Trinajstić information content (AvgIpc) is 3.19. The maximum absolute atomic E-state index is 11.2. The van der Waals surface area contributed by atoms with Gasteiger partial charge >= 0.3 is 0 Å². The Kier molecular flexibility index (Phi) is 5.83. The van der Waals surface area contributed by atoms with E-state index < -0.39 is 0 Å². The summed E-state index contributed by atoms with van der Waals surface area (Å²) in [6.45, 7) is 5.34. The summed E-state index contributed by atoms with van der Waals surface area (Å²) in [6.07, 6.45) is -0.253. The number of phenols is 1. The van der Waals surface area contributed by atoms with Crippen molar-refractivity contribution in [1.29, 1.82) is 0 Å². The predicted molar refractivity (Wildman–Crippen MR) is 113 cm³/mol. The summed E-state index contributed by atoms with van der Waals surface area (Å²) < 4.78 is 12.2. The maximum Gasteiger partial charge on any atom is 0.264 e. The van der Waals surface area contributed by atoms with Gasteiger partial charge in [0, 0.05) is 24.2 Å². The van der Waals surface area contributed by atoms with E-state index >= 15 is 0 Å². The number of benzene rings is 2. The number of ether oxygens (including phenoxy) is 2. The molecule has 0 aliphatic carbocycles. The molecule has 2 unspecified atom stereocenters. The van der Waals surface area contributed by atoms with Gasteiger partial charge in [-0.05, 0) is 37.6 Å². The van der Waals surface area contributed by atoms with Crippen LogP contribution in [0.15, 0.2) is 65.5 Å². The van der Waals surface area contributed by atoms with Gasteiger partial charge < -0.3 is 14.6 Å². The van der Waals surface area contributed by atoms with Gasteiger partial charge in [-0.2, -0.15) is 5.10 Å². The van der Waals surface area contributed by atoms with Gasteiger partial charge in [0.15, 0.2) is 11.5 Å². The second-order valence-electron chi connectivity index (χ2n) is 7.58. The van der Waals surface area contributed by atoms with Crippen LogP contribution in [0.1, 0.15) is 25.6 Å². The van der Waals surface area contributed by atoms with Gasteiger partial charge in [-0.1, -0.05) is 36.4 Å². The van der Waals surface area contributed by atoms with Crippen molar-refractivity contribution in [2.24, 2.45) is 0 Å². The number of aromatic nitrogens is 2. The van der Waals surface area contributed by atoms with Crippen LogP contribution < -0.4 is 10.3 Å². The highest BCUT2D eigenvalue weighted by Crippen LogP contribution is 2.37. The van der Waals surface area contributed by atoms with Crippen LogP contribution in [0.3, 0.4) is 0 Å². The zero-order valence-electron chi connectivity index (χ0n) is 17.0. The highest BCUT2D eigenvalue weighted by molar-refractivity contribution is 5.70. The summed E-state index contributed by atoms with van der Waals surface area (Å²) in [5.41, 5.74) is 1.77. The largest absolute Gasteiger partial charge is 0.504 e. The van der Waals surface area contributed by atoms with E-state index in [9.17, 15) is 9.90 Å². The molecule has 1 saturated heterocycles. The molecule has 1 fully saturated rings. The summed E-state index contributed by atoms with van der Waals surface area (Å²) in [5, 5.41) is 17.0. The standard InChI is InChI=1S/C23H25N3O4/c1-15(2)26-13-17(30-23(26)16-7-4-3-5-8-16)14-29-20-10-6-9-18(22(20)28)19-11-12-21(27)25-24-19/h3-12,15,17,23,28H,13-14H2,1-2H3,(H,25,27). The van der Waals surface area contributed by atoms with Crippen LogP contribution in [0, 0.1) is 0 Å². The minimum absolute atomic E-state index is 0.0182. The molecule has 0 bridgehead atoms. The third-order valence-electron chi connectivity index (χ3n) is 5.16. The van der Waals surface area contributed by atoms with Crippen molar-refractivity contribution < 1.29 is 14.6 Å². The maximum atomic E-state index is 11.2. The first-order chi connectivity index (χ1) is 14.5. The molecule has 1 aliphatic heterocycles. The molecule has 1 aliphatic rings. The molecule has 2 N–H and O–H groups in total. The third-order valence-corrected chi connectivity index (χ3v) is 5.16. The zero-order chi connectivity index (χ0) is 21.1. The fourth-order valence-electron chi connectivity index (χ4n) is 3.62. The Bertz CT molecular complexity index is 1030. The minimum Gasteiger partial charge on any atom is -0.504 e. The number of hydrogen-bond acceptors (Lipinski definition) is 6. The number of nitrogens with zero attached hydrogens (tertiary/aromatic N) is 2. The Balaban J connectivity index is 1.48. The molecule has 2 atom stereocenters. The SMILES string of the molecule is CC(C)N1CC(COc2cccc(-c3ccc(=O)[nH]n3)c2O)OC1c1ccccc1. The quantitative estimate of drug-likeness (QED) is 0.652. The highest BCUT2D eigenvalue weighted by atomic mass is 16.6. The van der Waals surface area contributed by atoms with Crippen LogP contribution in [0.5, 0.6) is 11.5 Å². The molecule has 3 aromatic rings. The molecule has 2 aromatic carbocycles. The second-order valence-corrected chi connectivity index (χ2v) is 7.58. The molecule has 0 saturated carbocycles. The van der Waals surface area contributed by atoms with Gasteiger partial charge in [0.2, 0.25) is 0 Å². The molecule has 7 heteroatoms. The number of H-pyrrole nitrogens is 1. The molecular weight excluding hydrogens is 382 g/mol. The summed E-state index contributed by atoms with van der Waals surface area (Å²) in [6, 6.07) is 18.6. The van der Waals surface area contributed by atoms with Crippen LogP contribution in [-0.2, 0) is 4.74 Å². The van der Waals surface area contributed by atoms with E-state index in [2.05, 4.69) is 41.1 Å². The van der Waals surface area contributed by atoms with E-state index in [4.69, 9.17) is 9.47 Å². The lowest BCUT2D eigenvalue weighted by atomic mass is 10.1. The number of phenolic OH excluding ortho intramolecular Hbond substituents is 1. The van der Waals surface area contributed by atoms with Crippen molar-refractivity contribution in [2.45, 2.75) is 32.2 Å². The van der Waals surface area contributed by atoms with E-state index in [-0.39, 0.29) is 23.6 Å². The van der Waals surface area contributed by atoms with Crippen LogP contribution >= 0.6 is 0 Å². The highest BCUT2D eigenvalue weighted by Gasteiger charge is 2.35. The normalized spacial score (nSPS) is 19.3. The van der Waals surface area contributed by atoms with Crippen molar-refractivity contribution in [3.05, 3.63) is 76.6 Å². The van der Waals surface area contributed by atoms with E-state index in [0.717, 1.165) is 12.1 Å². The molecule has 30 heavy (non-hydrogen) atoms. The van der Waals surface area contributed by atoms with E-state index in [0.29, 0.717) is 29.7 Å². The predicted octanol–water partition coefficient (Wildman–Crippen LogP) is 3.33. The van der Waals surface area contributed by atoms with Gasteiger partial charge in [-0.15, -0.1) is 0 Å². The van der Waals surface area contributed by atoms with Gasteiger partial charge in [0.05, 0.1) is 5.69 Å². The molecule has 1 aromatic heterocycles. The fraction of sp³-hybridized carbons (Fsp3) is 0.304. The van der Waals surface area contributed by atoms with Gasteiger partial charge in [0.25, 0.3) is 5.56 Å².